The van der Waals surface area contributed by atoms with Crippen molar-refractivity contribution in [1.82, 2.24) is 9.78 Å². The van der Waals surface area contributed by atoms with Gasteiger partial charge in [-0.25, -0.2) is 0 Å². The lowest BCUT2D eigenvalue weighted by Crippen LogP contribution is -2.09. The Morgan fingerprint density at radius 3 is 3.08 bits per heavy atom. The van der Waals surface area contributed by atoms with Crippen molar-refractivity contribution < 1.29 is 4.79 Å². The van der Waals surface area contributed by atoms with Crippen LogP contribution >= 0.6 is 15.9 Å². The highest BCUT2D eigenvalue weighted by Crippen LogP contribution is 2.17. The molecule has 0 spiro atoms. The van der Waals surface area contributed by atoms with E-state index in [1.807, 2.05) is 6.92 Å². The van der Waals surface area contributed by atoms with E-state index in [2.05, 4.69) is 27.6 Å². The number of aryl methyl sites for hydroxylation is 1. The molecule has 0 bridgehead atoms. The summed E-state index contributed by atoms with van der Waals surface area (Å²) >= 11 is 3.29. The van der Waals surface area contributed by atoms with Gasteiger partial charge in [-0.05, 0) is 22.9 Å². The smallest absolute Gasteiger partial charge is 0.185 e. The average Bonchev–Trinajstić information content (AvgIpc) is 2.47. The highest BCUT2D eigenvalue weighted by molar-refractivity contribution is 9.10. The Kier molecular flexibility index (Phi) is 3.42. The molecule has 13 heavy (non-hydrogen) atoms. The maximum absolute atomic E-state index is 11.5. The third-order valence-corrected chi connectivity index (χ3v) is 2.27. The monoisotopic (exact) mass is 242 g/mol. The van der Waals surface area contributed by atoms with Gasteiger partial charge >= 0.3 is 0 Å². The molecule has 1 aromatic rings. The Hall–Kier alpha value is -0.900. The van der Waals surface area contributed by atoms with Gasteiger partial charge in [0, 0.05) is 13.0 Å². The number of carbonyl (C=O) groups excluding carboxylic acids is 1. The van der Waals surface area contributed by atoms with Crippen LogP contribution in [0.1, 0.15) is 23.8 Å². The van der Waals surface area contributed by atoms with Crippen LogP contribution in [0.3, 0.4) is 0 Å². The Bertz CT molecular complexity index is 330. The van der Waals surface area contributed by atoms with Gasteiger partial charge in [0.15, 0.2) is 5.78 Å². The van der Waals surface area contributed by atoms with E-state index in [9.17, 15) is 4.79 Å². The van der Waals surface area contributed by atoms with Gasteiger partial charge in [0.2, 0.25) is 0 Å². The molecule has 0 atom stereocenters. The maximum Gasteiger partial charge on any atom is 0.185 e. The molecule has 1 aromatic heterocycles. The van der Waals surface area contributed by atoms with Gasteiger partial charge in [-0.3, -0.25) is 9.48 Å². The summed E-state index contributed by atoms with van der Waals surface area (Å²) in [4.78, 5) is 11.5. The number of Topliss-reactive ketones (excluding diaryl/α,β-unsaturated/α-hetero) is 1. The lowest BCUT2D eigenvalue weighted by atomic mass is 10.2. The minimum Gasteiger partial charge on any atom is -0.292 e. The van der Waals surface area contributed by atoms with Crippen molar-refractivity contribution in [1.29, 1.82) is 0 Å². The van der Waals surface area contributed by atoms with E-state index in [0.717, 1.165) is 4.47 Å². The van der Waals surface area contributed by atoms with Crippen LogP contribution in [-0.2, 0) is 6.54 Å². The van der Waals surface area contributed by atoms with Crippen LogP contribution in [0.4, 0.5) is 0 Å². The third kappa shape index (κ3) is 2.06. The number of hydrogen-bond acceptors (Lipinski definition) is 2. The number of carbonyl (C=O) groups is 1. The summed E-state index contributed by atoms with van der Waals surface area (Å²) in [5.74, 6) is 0.0428. The standard InChI is InChI=1S/C9H11BrN2O/c1-3-5-8(13)9-7(10)6-11-12(9)4-2/h3,6H,1,4-5H2,2H3. The number of halogens is 1. The lowest BCUT2D eigenvalue weighted by molar-refractivity contribution is 0.0985. The van der Waals surface area contributed by atoms with Gasteiger partial charge in [-0.15, -0.1) is 6.58 Å². The molecule has 0 saturated heterocycles. The van der Waals surface area contributed by atoms with Crippen LogP contribution in [0.2, 0.25) is 0 Å². The van der Waals surface area contributed by atoms with Crippen LogP contribution in [0.5, 0.6) is 0 Å². The molecule has 1 heterocycles. The molecule has 0 radical (unpaired) electrons. The third-order valence-electron chi connectivity index (χ3n) is 1.69. The number of nitrogens with zero attached hydrogens (tertiary/aromatic N) is 2. The Morgan fingerprint density at radius 1 is 1.85 bits per heavy atom. The summed E-state index contributed by atoms with van der Waals surface area (Å²) in [6, 6.07) is 0. The van der Waals surface area contributed by atoms with Gasteiger partial charge in [-0.2, -0.15) is 5.10 Å². The highest BCUT2D eigenvalue weighted by atomic mass is 79.9. The minimum atomic E-state index is 0.0428. The first kappa shape index (κ1) is 10.2. The summed E-state index contributed by atoms with van der Waals surface area (Å²) in [5.41, 5.74) is 0.627. The van der Waals surface area contributed by atoms with E-state index in [-0.39, 0.29) is 5.78 Å². The molecule has 0 N–H and O–H groups in total. The molecule has 0 amide bonds. The van der Waals surface area contributed by atoms with Crippen molar-refractivity contribution in [3.05, 3.63) is 29.0 Å². The molecule has 0 aromatic carbocycles. The molecular formula is C9H11BrN2O. The van der Waals surface area contributed by atoms with Crippen LogP contribution in [0.25, 0.3) is 0 Å². The van der Waals surface area contributed by atoms with E-state index >= 15 is 0 Å². The SMILES string of the molecule is C=CCC(=O)c1c(Br)cnn1CC. The quantitative estimate of drug-likeness (QED) is 0.601. The van der Waals surface area contributed by atoms with Crippen molar-refractivity contribution in [3.63, 3.8) is 0 Å². The van der Waals surface area contributed by atoms with Gasteiger partial charge < -0.3 is 0 Å². The molecule has 0 saturated carbocycles. The van der Waals surface area contributed by atoms with Crippen LogP contribution in [-0.4, -0.2) is 15.6 Å². The van der Waals surface area contributed by atoms with Crippen molar-refractivity contribution in [3.8, 4) is 0 Å². The Balaban J connectivity index is 3.03. The largest absolute Gasteiger partial charge is 0.292 e. The second-order valence-corrected chi connectivity index (χ2v) is 3.43. The van der Waals surface area contributed by atoms with Crippen molar-refractivity contribution in [2.75, 3.05) is 0 Å². The molecule has 0 aliphatic rings. The molecular weight excluding hydrogens is 232 g/mol. The van der Waals surface area contributed by atoms with E-state index in [1.165, 1.54) is 0 Å². The molecule has 1 rings (SSSR count). The van der Waals surface area contributed by atoms with Crippen molar-refractivity contribution >= 4 is 21.7 Å². The maximum atomic E-state index is 11.5. The Morgan fingerprint density at radius 2 is 2.54 bits per heavy atom. The number of aromatic nitrogens is 2. The first-order chi connectivity index (χ1) is 6.20. The fourth-order valence-electron chi connectivity index (χ4n) is 1.11. The van der Waals surface area contributed by atoms with E-state index in [4.69, 9.17) is 0 Å². The molecule has 3 nitrogen and oxygen atoms in total. The number of allylic oxidation sites excluding steroid dienone is 1. The molecule has 0 aliphatic heterocycles. The van der Waals surface area contributed by atoms with Gasteiger partial charge in [0.05, 0.1) is 10.7 Å². The van der Waals surface area contributed by atoms with Crippen LogP contribution in [0.15, 0.2) is 23.3 Å². The van der Waals surface area contributed by atoms with E-state index in [0.29, 0.717) is 18.7 Å². The first-order valence-electron chi connectivity index (χ1n) is 4.06. The number of ketones is 1. The first-order valence-corrected chi connectivity index (χ1v) is 4.85. The zero-order valence-electron chi connectivity index (χ0n) is 7.46. The zero-order valence-corrected chi connectivity index (χ0v) is 9.04. The topological polar surface area (TPSA) is 34.9 Å². The van der Waals surface area contributed by atoms with Gasteiger partial charge in [0.1, 0.15) is 5.69 Å². The molecule has 0 fully saturated rings. The predicted octanol–water partition coefficient (Wildman–Crippen LogP) is 2.42. The second-order valence-electron chi connectivity index (χ2n) is 2.57. The van der Waals surface area contributed by atoms with Crippen molar-refractivity contribution in [2.24, 2.45) is 0 Å². The average molecular weight is 243 g/mol. The molecule has 4 heteroatoms. The van der Waals surface area contributed by atoms with Gasteiger partial charge in [-0.1, -0.05) is 6.08 Å². The normalized spacial score (nSPS) is 10.0. The van der Waals surface area contributed by atoms with Gasteiger partial charge in [0.25, 0.3) is 0 Å². The fourth-order valence-corrected chi connectivity index (χ4v) is 1.62. The summed E-state index contributed by atoms with van der Waals surface area (Å²) in [6.07, 6.45) is 3.59. The molecule has 0 aliphatic carbocycles. The van der Waals surface area contributed by atoms with E-state index in [1.54, 1.807) is 17.0 Å². The summed E-state index contributed by atoms with van der Waals surface area (Å²) in [6.45, 7) is 6.18. The second kappa shape index (κ2) is 4.37. The summed E-state index contributed by atoms with van der Waals surface area (Å²) in [7, 11) is 0. The fraction of sp³-hybridized carbons (Fsp3) is 0.333. The minimum absolute atomic E-state index is 0.0428. The van der Waals surface area contributed by atoms with Crippen LogP contribution in [0, 0.1) is 0 Å². The molecule has 0 unspecified atom stereocenters. The molecule has 70 valence electrons. The van der Waals surface area contributed by atoms with E-state index < -0.39 is 0 Å². The number of rotatable bonds is 4. The summed E-state index contributed by atoms with van der Waals surface area (Å²) < 4.78 is 2.43. The van der Waals surface area contributed by atoms with Crippen LogP contribution < -0.4 is 0 Å². The Labute approximate surface area is 85.6 Å². The number of hydrogen-bond donors (Lipinski definition) is 0. The van der Waals surface area contributed by atoms with Crippen molar-refractivity contribution in [2.45, 2.75) is 19.9 Å². The highest BCUT2D eigenvalue weighted by Gasteiger charge is 2.14. The lowest BCUT2D eigenvalue weighted by Gasteiger charge is -2.02. The predicted molar refractivity (Wildman–Crippen MR) is 54.7 cm³/mol. The summed E-state index contributed by atoms with van der Waals surface area (Å²) in [5, 5.41) is 4.05. The zero-order chi connectivity index (χ0) is 9.84.